The van der Waals surface area contributed by atoms with Crippen molar-refractivity contribution >= 4 is 23.3 Å². The molecule has 0 unspecified atom stereocenters. The number of urea groups is 1. The van der Waals surface area contributed by atoms with Crippen molar-refractivity contribution in [2.24, 2.45) is 5.92 Å². The molecular formula is C24H26F3N3O3. The van der Waals surface area contributed by atoms with E-state index in [9.17, 15) is 22.8 Å². The average Bonchev–Trinajstić information content (AvgIpc) is 2.68. The number of aryl methyl sites for hydroxylation is 1. The molecule has 0 atom stereocenters. The van der Waals surface area contributed by atoms with Crippen LogP contribution >= 0.6 is 0 Å². The Morgan fingerprint density at radius 2 is 1.91 bits per heavy atom. The van der Waals surface area contributed by atoms with Gasteiger partial charge < -0.3 is 15.0 Å². The van der Waals surface area contributed by atoms with Gasteiger partial charge in [-0.2, -0.15) is 0 Å². The van der Waals surface area contributed by atoms with Crippen molar-refractivity contribution in [1.29, 1.82) is 0 Å². The first-order valence-electron chi connectivity index (χ1n) is 11.0. The third-order valence-corrected chi connectivity index (χ3v) is 5.99. The van der Waals surface area contributed by atoms with Gasteiger partial charge in [0.2, 0.25) is 5.91 Å². The highest BCUT2D eigenvalue weighted by Crippen LogP contribution is 2.33. The van der Waals surface area contributed by atoms with Crippen LogP contribution in [-0.4, -0.2) is 36.3 Å². The Kier molecular flexibility index (Phi) is 6.49. The lowest BCUT2D eigenvalue weighted by Gasteiger charge is -2.37. The number of benzene rings is 2. The lowest BCUT2D eigenvalue weighted by atomic mass is 9.85. The van der Waals surface area contributed by atoms with Crippen LogP contribution in [0.15, 0.2) is 42.5 Å². The first kappa shape index (κ1) is 22.9. The zero-order chi connectivity index (χ0) is 23.6. The van der Waals surface area contributed by atoms with E-state index in [0.29, 0.717) is 36.4 Å². The first-order chi connectivity index (χ1) is 15.7. The molecule has 1 aliphatic heterocycles. The van der Waals surface area contributed by atoms with E-state index in [1.54, 1.807) is 15.9 Å². The molecule has 0 spiro atoms. The Morgan fingerprint density at radius 3 is 2.61 bits per heavy atom. The molecule has 1 N–H and O–H groups in total. The molecule has 2 aromatic rings. The lowest BCUT2D eigenvalue weighted by molar-refractivity contribution is -0.274. The normalized spacial score (nSPS) is 17.0. The van der Waals surface area contributed by atoms with Crippen LogP contribution in [0.25, 0.3) is 0 Å². The molecule has 9 heteroatoms. The molecule has 0 radical (unpaired) electrons. The minimum atomic E-state index is -4.78. The van der Waals surface area contributed by atoms with Crippen molar-refractivity contribution in [3.8, 4) is 5.75 Å². The van der Waals surface area contributed by atoms with E-state index in [-0.39, 0.29) is 30.2 Å². The summed E-state index contributed by atoms with van der Waals surface area (Å²) in [5, 5.41) is 2.99. The van der Waals surface area contributed by atoms with Crippen molar-refractivity contribution in [1.82, 2.24) is 4.90 Å². The highest BCUT2D eigenvalue weighted by Gasteiger charge is 2.32. The first-order valence-corrected chi connectivity index (χ1v) is 11.0. The Balaban J connectivity index is 1.51. The summed E-state index contributed by atoms with van der Waals surface area (Å²) in [6.45, 7) is 3.04. The molecule has 176 valence electrons. The van der Waals surface area contributed by atoms with Gasteiger partial charge in [-0.25, -0.2) is 4.79 Å². The number of halogens is 3. The molecule has 0 aromatic heterocycles. The molecular weight excluding hydrogens is 435 g/mol. The number of hydrogen-bond donors (Lipinski definition) is 1. The summed E-state index contributed by atoms with van der Waals surface area (Å²) in [6.07, 6.45) is -1.29. The highest BCUT2D eigenvalue weighted by atomic mass is 19.4. The standard InChI is InChI=1S/C24H26F3N3O3/c1-16-9-10-21(20(13-16)28-22(31)18-6-3-7-18)30-12-4-11-29(23(30)32)15-17-5-2-8-19(14-17)33-24(25,26)27/h2,5,8-10,13-14,18H,3-4,6-7,11-12,15H2,1H3,(H,28,31). The van der Waals surface area contributed by atoms with Gasteiger partial charge in [-0.15, -0.1) is 13.2 Å². The summed E-state index contributed by atoms with van der Waals surface area (Å²) in [4.78, 5) is 29.0. The number of nitrogens with one attached hydrogen (secondary N) is 1. The Hall–Kier alpha value is -3.23. The van der Waals surface area contributed by atoms with E-state index in [1.165, 1.54) is 18.2 Å². The van der Waals surface area contributed by atoms with Crippen molar-refractivity contribution < 1.29 is 27.5 Å². The summed E-state index contributed by atoms with van der Waals surface area (Å²) in [5.41, 5.74) is 2.72. The van der Waals surface area contributed by atoms with Crippen LogP contribution < -0.4 is 15.0 Å². The van der Waals surface area contributed by atoms with Crippen LogP contribution in [0.2, 0.25) is 0 Å². The number of nitrogens with zero attached hydrogens (tertiary/aromatic N) is 2. The van der Waals surface area contributed by atoms with Gasteiger partial charge in [0.1, 0.15) is 5.75 Å². The minimum absolute atomic E-state index is 0.0121. The van der Waals surface area contributed by atoms with Gasteiger partial charge >= 0.3 is 12.4 Å². The molecule has 0 bridgehead atoms. The van der Waals surface area contributed by atoms with Crippen molar-refractivity contribution in [3.63, 3.8) is 0 Å². The second kappa shape index (κ2) is 9.33. The van der Waals surface area contributed by atoms with E-state index in [2.05, 4.69) is 10.1 Å². The Bertz CT molecular complexity index is 1040. The molecule has 4 rings (SSSR count). The monoisotopic (exact) mass is 461 g/mol. The van der Waals surface area contributed by atoms with E-state index in [0.717, 1.165) is 24.8 Å². The predicted molar refractivity (Wildman–Crippen MR) is 118 cm³/mol. The summed E-state index contributed by atoms with van der Waals surface area (Å²) in [6, 6.07) is 11.0. The third-order valence-electron chi connectivity index (χ3n) is 5.99. The summed E-state index contributed by atoms with van der Waals surface area (Å²) in [5.74, 6) is -0.338. The van der Waals surface area contributed by atoms with Crippen LogP contribution in [-0.2, 0) is 11.3 Å². The maximum atomic E-state index is 13.3. The number of rotatable bonds is 6. The van der Waals surface area contributed by atoms with Crippen molar-refractivity contribution in [2.45, 2.75) is 45.5 Å². The lowest BCUT2D eigenvalue weighted by Crippen LogP contribution is -2.49. The topological polar surface area (TPSA) is 61.9 Å². The van der Waals surface area contributed by atoms with Gasteiger partial charge in [-0.05, 0) is 61.6 Å². The van der Waals surface area contributed by atoms with Crippen LogP contribution in [0.4, 0.5) is 29.3 Å². The molecule has 1 aliphatic carbocycles. The summed E-state index contributed by atoms with van der Waals surface area (Å²) in [7, 11) is 0. The number of carbonyl (C=O) groups is 2. The highest BCUT2D eigenvalue weighted by molar-refractivity contribution is 6.01. The predicted octanol–water partition coefficient (Wildman–Crippen LogP) is 5.46. The van der Waals surface area contributed by atoms with Crippen molar-refractivity contribution in [2.75, 3.05) is 23.3 Å². The second-order valence-electron chi connectivity index (χ2n) is 8.54. The van der Waals surface area contributed by atoms with E-state index >= 15 is 0 Å². The molecule has 2 aromatic carbocycles. The molecule has 3 amide bonds. The molecule has 33 heavy (non-hydrogen) atoms. The van der Waals surface area contributed by atoms with Crippen LogP contribution in [0, 0.1) is 12.8 Å². The zero-order valence-electron chi connectivity index (χ0n) is 18.3. The van der Waals surface area contributed by atoms with Gasteiger partial charge in [0.25, 0.3) is 0 Å². The quantitative estimate of drug-likeness (QED) is 0.621. The van der Waals surface area contributed by atoms with E-state index in [1.807, 2.05) is 25.1 Å². The van der Waals surface area contributed by atoms with Crippen LogP contribution in [0.5, 0.6) is 5.75 Å². The Morgan fingerprint density at radius 1 is 1.12 bits per heavy atom. The largest absolute Gasteiger partial charge is 0.573 e. The van der Waals surface area contributed by atoms with Gasteiger partial charge in [-0.3, -0.25) is 9.69 Å². The average molecular weight is 461 g/mol. The van der Waals surface area contributed by atoms with Crippen LogP contribution in [0.3, 0.4) is 0 Å². The van der Waals surface area contributed by atoms with E-state index < -0.39 is 6.36 Å². The minimum Gasteiger partial charge on any atom is -0.406 e. The second-order valence-corrected chi connectivity index (χ2v) is 8.54. The fourth-order valence-corrected chi connectivity index (χ4v) is 4.10. The van der Waals surface area contributed by atoms with Crippen molar-refractivity contribution in [3.05, 3.63) is 53.6 Å². The fraction of sp³-hybridized carbons (Fsp3) is 0.417. The summed E-state index contributed by atoms with van der Waals surface area (Å²) < 4.78 is 41.6. The number of anilines is 2. The maximum absolute atomic E-state index is 13.3. The van der Waals surface area contributed by atoms with Gasteiger partial charge in [0.05, 0.1) is 11.4 Å². The fourth-order valence-electron chi connectivity index (χ4n) is 4.10. The molecule has 1 heterocycles. The number of ether oxygens (including phenoxy) is 1. The van der Waals surface area contributed by atoms with E-state index in [4.69, 9.17) is 0 Å². The number of hydrogen-bond acceptors (Lipinski definition) is 3. The smallest absolute Gasteiger partial charge is 0.406 e. The third kappa shape index (κ3) is 5.58. The van der Waals surface area contributed by atoms with Gasteiger partial charge in [0.15, 0.2) is 0 Å². The molecule has 2 fully saturated rings. The maximum Gasteiger partial charge on any atom is 0.573 e. The van der Waals surface area contributed by atoms with Gasteiger partial charge in [-0.1, -0.05) is 24.6 Å². The number of alkyl halides is 3. The number of amides is 3. The molecule has 2 aliphatic rings. The molecule has 1 saturated carbocycles. The molecule has 6 nitrogen and oxygen atoms in total. The zero-order valence-corrected chi connectivity index (χ0v) is 18.3. The number of carbonyl (C=O) groups excluding carboxylic acids is 2. The SMILES string of the molecule is Cc1ccc(N2CCCN(Cc3cccc(OC(F)(F)F)c3)C2=O)c(NC(=O)C2CCC2)c1. The van der Waals surface area contributed by atoms with Gasteiger partial charge in [0, 0.05) is 25.6 Å². The Labute approximate surface area is 190 Å². The molecule has 1 saturated heterocycles. The van der Waals surface area contributed by atoms with Crippen LogP contribution in [0.1, 0.15) is 36.8 Å². The summed E-state index contributed by atoms with van der Waals surface area (Å²) >= 11 is 0.